The lowest BCUT2D eigenvalue weighted by Crippen LogP contribution is -2.47. The van der Waals surface area contributed by atoms with Crippen molar-refractivity contribution < 1.29 is 0 Å². The van der Waals surface area contributed by atoms with Crippen molar-refractivity contribution in [1.29, 1.82) is 0 Å². The van der Waals surface area contributed by atoms with Crippen molar-refractivity contribution >= 4 is 17.3 Å². The van der Waals surface area contributed by atoms with Crippen LogP contribution in [-0.2, 0) is 6.54 Å². The zero-order chi connectivity index (χ0) is 15.9. The van der Waals surface area contributed by atoms with E-state index in [2.05, 4.69) is 46.3 Å². The number of hydrogen-bond donors (Lipinski definition) is 2. The standard InChI is InChI=1S/C16H29N5S/c1-12-5-7-21(8-6-12)13(2)9-19-16(17-4)20-11-15-18-10-14(3)22-15/h10,12-13H,5-9,11H2,1-4H3,(H2,17,19,20). The lowest BCUT2D eigenvalue weighted by molar-refractivity contribution is 0.147. The van der Waals surface area contributed by atoms with Gasteiger partial charge in [0.05, 0.1) is 6.54 Å². The predicted octanol–water partition coefficient (Wildman–Crippen LogP) is 2.24. The van der Waals surface area contributed by atoms with Crippen molar-refractivity contribution in [3.63, 3.8) is 0 Å². The zero-order valence-corrected chi connectivity index (χ0v) is 15.0. The Balaban J connectivity index is 1.71. The number of piperidine rings is 1. The van der Waals surface area contributed by atoms with E-state index in [4.69, 9.17) is 0 Å². The van der Waals surface area contributed by atoms with E-state index in [0.717, 1.165) is 30.0 Å². The molecule has 1 aliphatic heterocycles. The van der Waals surface area contributed by atoms with Gasteiger partial charge in [0.1, 0.15) is 5.01 Å². The van der Waals surface area contributed by atoms with Crippen molar-refractivity contribution in [3.8, 4) is 0 Å². The third-order valence-corrected chi connectivity index (χ3v) is 5.22. The average molecular weight is 324 g/mol. The van der Waals surface area contributed by atoms with E-state index in [0.29, 0.717) is 6.04 Å². The van der Waals surface area contributed by atoms with Gasteiger partial charge in [-0.3, -0.25) is 9.89 Å². The summed E-state index contributed by atoms with van der Waals surface area (Å²) < 4.78 is 0. The summed E-state index contributed by atoms with van der Waals surface area (Å²) in [7, 11) is 1.82. The van der Waals surface area contributed by atoms with Crippen LogP contribution in [0.3, 0.4) is 0 Å². The summed E-state index contributed by atoms with van der Waals surface area (Å²) in [6.07, 6.45) is 4.55. The summed E-state index contributed by atoms with van der Waals surface area (Å²) in [5, 5.41) is 7.86. The van der Waals surface area contributed by atoms with Crippen molar-refractivity contribution in [2.24, 2.45) is 10.9 Å². The smallest absolute Gasteiger partial charge is 0.191 e. The van der Waals surface area contributed by atoms with E-state index < -0.39 is 0 Å². The van der Waals surface area contributed by atoms with Crippen LogP contribution in [0.15, 0.2) is 11.2 Å². The van der Waals surface area contributed by atoms with Crippen LogP contribution in [0.25, 0.3) is 0 Å². The lowest BCUT2D eigenvalue weighted by atomic mass is 9.98. The number of rotatable bonds is 5. The number of aliphatic imine (C=N–C) groups is 1. The Kier molecular flexibility index (Phi) is 6.64. The molecule has 0 spiro atoms. The highest BCUT2D eigenvalue weighted by atomic mass is 32.1. The first-order valence-electron chi connectivity index (χ1n) is 8.18. The first kappa shape index (κ1) is 17.2. The van der Waals surface area contributed by atoms with Crippen LogP contribution in [0.5, 0.6) is 0 Å². The number of nitrogens with zero attached hydrogens (tertiary/aromatic N) is 3. The Bertz CT molecular complexity index is 477. The first-order chi connectivity index (χ1) is 10.6. The summed E-state index contributed by atoms with van der Waals surface area (Å²) in [5.41, 5.74) is 0. The minimum atomic E-state index is 0.535. The number of guanidine groups is 1. The van der Waals surface area contributed by atoms with Crippen LogP contribution in [0.2, 0.25) is 0 Å². The van der Waals surface area contributed by atoms with Crippen LogP contribution in [0.4, 0.5) is 0 Å². The summed E-state index contributed by atoms with van der Waals surface area (Å²) in [4.78, 5) is 12.5. The van der Waals surface area contributed by atoms with Gasteiger partial charge < -0.3 is 10.6 Å². The zero-order valence-electron chi connectivity index (χ0n) is 14.2. The highest BCUT2D eigenvalue weighted by Crippen LogP contribution is 2.17. The molecule has 5 nitrogen and oxygen atoms in total. The van der Waals surface area contributed by atoms with Gasteiger partial charge in [-0.2, -0.15) is 0 Å². The molecule has 2 rings (SSSR count). The van der Waals surface area contributed by atoms with Gasteiger partial charge in [-0.1, -0.05) is 6.92 Å². The summed E-state index contributed by atoms with van der Waals surface area (Å²) >= 11 is 1.72. The largest absolute Gasteiger partial charge is 0.355 e. The number of thiazole rings is 1. The molecule has 0 bridgehead atoms. The van der Waals surface area contributed by atoms with Crippen molar-refractivity contribution in [2.45, 2.75) is 46.2 Å². The Hall–Kier alpha value is -1.14. The van der Waals surface area contributed by atoms with Gasteiger partial charge in [-0.05, 0) is 45.7 Å². The SMILES string of the molecule is CN=C(NCc1ncc(C)s1)NCC(C)N1CCC(C)CC1. The summed E-state index contributed by atoms with van der Waals surface area (Å²) in [5.74, 6) is 1.73. The molecule has 1 atom stereocenters. The minimum Gasteiger partial charge on any atom is -0.355 e. The first-order valence-corrected chi connectivity index (χ1v) is 9.00. The molecule has 1 aliphatic rings. The molecule has 0 aliphatic carbocycles. The molecule has 0 amide bonds. The molecule has 124 valence electrons. The molecule has 2 N–H and O–H groups in total. The Morgan fingerprint density at radius 1 is 1.45 bits per heavy atom. The second-order valence-electron chi connectivity index (χ2n) is 6.24. The fraction of sp³-hybridized carbons (Fsp3) is 0.750. The van der Waals surface area contributed by atoms with Crippen LogP contribution in [-0.4, -0.2) is 48.6 Å². The van der Waals surface area contributed by atoms with Crippen LogP contribution >= 0.6 is 11.3 Å². The monoisotopic (exact) mass is 323 g/mol. The minimum absolute atomic E-state index is 0.535. The molecule has 0 aromatic carbocycles. The van der Waals surface area contributed by atoms with E-state index in [9.17, 15) is 0 Å². The molecule has 1 saturated heterocycles. The Morgan fingerprint density at radius 2 is 2.18 bits per heavy atom. The maximum atomic E-state index is 4.36. The van der Waals surface area contributed by atoms with Crippen LogP contribution < -0.4 is 10.6 Å². The van der Waals surface area contributed by atoms with E-state index in [1.807, 2.05) is 13.2 Å². The summed E-state index contributed by atoms with van der Waals surface area (Å²) in [6, 6.07) is 0.535. The molecule has 2 heterocycles. The van der Waals surface area contributed by atoms with Gasteiger partial charge in [0.15, 0.2) is 5.96 Å². The van der Waals surface area contributed by atoms with Crippen molar-refractivity contribution in [2.75, 3.05) is 26.7 Å². The van der Waals surface area contributed by atoms with Crippen molar-refractivity contribution in [3.05, 3.63) is 16.1 Å². The van der Waals surface area contributed by atoms with Gasteiger partial charge in [-0.25, -0.2) is 4.98 Å². The maximum Gasteiger partial charge on any atom is 0.191 e. The third-order valence-electron chi connectivity index (χ3n) is 4.31. The molecular weight excluding hydrogens is 294 g/mol. The predicted molar refractivity (Wildman–Crippen MR) is 94.5 cm³/mol. The highest BCUT2D eigenvalue weighted by Gasteiger charge is 2.20. The highest BCUT2D eigenvalue weighted by molar-refractivity contribution is 7.11. The second-order valence-corrected chi connectivity index (χ2v) is 7.56. The van der Waals surface area contributed by atoms with E-state index >= 15 is 0 Å². The number of nitrogens with one attached hydrogen (secondary N) is 2. The molecule has 0 saturated carbocycles. The molecule has 1 aromatic rings. The normalized spacial score (nSPS) is 19.2. The summed E-state index contributed by atoms with van der Waals surface area (Å²) in [6.45, 7) is 10.8. The lowest BCUT2D eigenvalue weighted by Gasteiger charge is -2.35. The maximum absolute atomic E-state index is 4.36. The Labute approximate surface area is 138 Å². The number of hydrogen-bond acceptors (Lipinski definition) is 4. The van der Waals surface area contributed by atoms with E-state index in [-0.39, 0.29) is 0 Å². The van der Waals surface area contributed by atoms with Gasteiger partial charge in [0.25, 0.3) is 0 Å². The number of aryl methyl sites for hydroxylation is 1. The molecular formula is C16H29N5S. The molecule has 0 radical (unpaired) electrons. The van der Waals surface area contributed by atoms with Gasteiger partial charge in [0, 0.05) is 30.7 Å². The quantitative estimate of drug-likeness (QED) is 0.644. The van der Waals surface area contributed by atoms with E-state index in [1.54, 1.807) is 11.3 Å². The molecule has 1 aromatic heterocycles. The second kappa shape index (κ2) is 8.48. The number of aromatic nitrogens is 1. The Morgan fingerprint density at radius 3 is 2.77 bits per heavy atom. The fourth-order valence-corrected chi connectivity index (χ4v) is 3.43. The average Bonchev–Trinajstić information content (AvgIpc) is 2.93. The van der Waals surface area contributed by atoms with Gasteiger partial charge in [-0.15, -0.1) is 11.3 Å². The van der Waals surface area contributed by atoms with Gasteiger partial charge >= 0.3 is 0 Å². The van der Waals surface area contributed by atoms with E-state index in [1.165, 1.54) is 30.8 Å². The fourth-order valence-electron chi connectivity index (χ4n) is 2.71. The van der Waals surface area contributed by atoms with Crippen LogP contribution in [0.1, 0.15) is 36.6 Å². The third kappa shape index (κ3) is 5.25. The molecule has 6 heteroatoms. The van der Waals surface area contributed by atoms with Crippen molar-refractivity contribution in [1.82, 2.24) is 20.5 Å². The topological polar surface area (TPSA) is 52.6 Å². The van der Waals surface area contributed by atoms with Crippen LogP contribution in [0, 0.1) is 12.8 Å². The molecule has 22 heavy (non-hydrogen) atoms. The molecule has 1 unspecified atom stereocenters. The number of likely N-dealkylation sites (tertiary alicyclic amines) is 1. The van der Waals surface area contributed by atoms with Gasteiger partial charge in [0.2, 0.25) is 0 Å². The molecule has 1 fully saturated rings.